The maximum absolute atomic E-state index is 14.7. The van der Waals surface area contributed by atoms with Gasteiger partial charge in [-0.25, -0.2) is 32.0 Å². The molecule has 3 rings (SSSR count). The number of benzene rings is 2. The van der Waals surface area contributed by atoms with Crippen molar-refractivity contribution in [2.75, 3.05) is 53.0 Å². The number of morpholine rings is 1. The van der Waals surface area contributed by atoms with Crippen LogP contribution in [0.1, 0.15) is 0 Å². The number of halogens is 3. The molecule has 1 atom stereocenters. The van der Waals surface area contributed by atoms with Crippen molar-refractivity contribution in [1.82, 2.24) is 19.6 Å². The van der Waals surface area contributed by atoms with E-state index >= 15 is 0 Å². The molecule has 0 aromatic heterocycles. The van der Waals surface area contributed by atoms with Gasteiger partial charge in [-0.1, -0.05) is 0 Å². The Hall–Kier alpha value is -3.64. The van der Waals surface area contributed by atoms with Gasteiger partial charge in [0.2, 0.25) is 0 Å². The fraction of sp³-hybridized carbons (Fsp3) is 0.333. The van der Waals surface area contributed by atoms with Gasteiger partial charge in [-0.3, -0.25) is 10.0 Å². The number of hydrogen-bond donors (Lipinski definition) is 2. The van der Waals surface area contributed by atoms with Gasteiger partial charge in [-0.2, -0.15) is 0 Å². The molecule has 14 heteroatoms. The van der Waals surface area contributed by atoms with Crippen LogP contribution in [0.15, 0.2) is 41.3 Å². The molecule has 0 radical (unpaired) electrons. The van der Waals surface area contributed by atoms with Gasteiger partial charge in [0.05, 0.1) is 24.7 Å². The van der Waals surface area contributed by atoms with Crippen molar-refractivity contribution in [1.29, 1.82) is 0 Å². The fourth-order valence-electron chi connectivity index (χ4n) is 3.27. The molecule has 2 aromatic rings. The zero-order valence-corrected chi connectivity index (χ0v) is 21.3. The number of nitrogens with one attached hydrogen (secondary N) is 1. The lowest BCUT2D eigenvalue weighted by molar-refractivity contribution is -0.129. The average Bonchev–Trinajstić information content (AvgIpc) is 2.94. The SMILES string of the molecule is C#C.CN(CCN(CC(=O)NO)S(=O)c1cc(F)c(Oc2ccc(F)cc2)c(F)c1)C(=O)N1CCOCC1. The topological polar surface area (TPSA) is 112 Å². The number of carbonyl (C=O) groups is 2. The molecule has 10 nitrogen and oxygen atoms in total. The molecule has 2 aromatic carbocycles. The Morgan fingerprint density at radius 1 is 1.11 bits per heavy atom. The van der Waals surface area contributed by atoms with E-state index in [1.807, 2.05) is 0 Å². The largest absolute Gasteiger partial charge is 0.451 e. The lowest BCUT2D eigenvalue weighted by Crippen LogP contribution is -2.49. The molecule has 0 aliphatic carbocycles. The van der Waals surface area contributed by atoms with E-state index in [2.05, 4.69) is 12.8 Å². The van der Waals surface area contributed by atoms with Gasteiger partial charge in [-0.05, 0) is 36.4 Å². The highest BCUT2D eigenvalue weighted by Crippen LogP contribution is 2.30. The van der Waals surface area contributed by atoms with Crippen molar-refractivity contribution >= 4 is 22.9 Å². The lowest BCUT2D eigenvalue weighted by atomic mass is 10.3. The quantitative estimate of drug-likeness (QED) is 0.279. The molecule has 1 saturated heterocycles. The standard InChI is InChI=1S/C22H25F3N4O6S.C2H2/c1-27(22(31)28-8-10-34-11-9-28)6-7-29(14-20(30)26-32)36(33)17-12-18(24)21(19(25)13-17)35-16-4-2-15(23)3-5-16;1-2/h2-5,12-13,32H,6-11,14H2,1H3,(H,26,30);1-2H. The van der Waals surface area contributed by atoms with Crippen molar-refractivity contribution in [3.05, 3.63) is 53.8 Å². The number of ether oxygens (including phenoxy) is 2. The van der Waals surface area contributed by atoms with Crippen LogP contribution < -0.4 is 10.2 Å². The van der Waals surface area contributed by atoms with Gasteiger partial charge in [0.25, 0.3) is 5.91 Å². The van der Waals surface area contributed by atoms with E-state index in [9.17, 15) is 27.0 Å². The van der Waals surface area contributed by atoms with E-state index in [4.69, 9.17) is 14.7 Å². The smallest absolute Gasteiger partial charge is 0.319 e. The molecule has 1 heterocycles. The third-order valence-electron chi connectivity index (χ3n) is 5.18. The van der Waals surface area contributed by atoms with Crippen molar-refractivity contribution in [2.24, 2.45) is 0 Å². The molecule has 2 N–H and O–H groups in total. The van der Waals surface area contributed by atoms with Crippen LogP contribution in [0, 0.1) is 30.3 Å². The van der Waals surface area contributed by atoms with Crippen LogP contribution in [0.4, 0.5) is 18.0 Å². The highest BCUT2D eigenvalue weighted by atomic mass is 32.2. The predicted molar refractivity (Wildman–Crippen MR) is 131 cm³/mol. The lowest BCUT2D eigenvalue weighted by Gasteiger charge is -2.32. The molecule has 38 heavy (non-hydrogen) atoms. The number of likely N-dealkylation sites (N-methyl/N-ethyl adjacent to an activating group) is 1. The molecule has 0 bridgehead atoms. The van der Waals surface area contributed by atoms with E-state index in [1.165, 1.54) is 29.6 Å². The minimum atomic E-state index is -2.25. The molecule has 1 aliphatic rings. The maximum Gasteiger partial charge on any atom is 0.319 e. The second kappa shape index (κ2) is 14.9. The Morgan fingerprint density at radius 2 is 1.68 bits per heavy atom. The Bertz CT molecular complexity index is 1120. The summed E-state index contributed by atoms with van der Waals surface area (Å²) in [4.78, 5) is 27.0. The van der Waals surface area contributed by atoms with Crippen molar-refractivity contribution < 1.29 is 41.7 Å². The number of urea groups is 1. The van der Waals surface area contributed by atoms with Crippen molar-refractivity contribution in [3.8, 4) is 24.3 Å². The summed E-state index contributed by atoms with van der Waals surface area (Å²) < 4.78 is 66.9. The van der Waals surface area contributed by atoms with Crippen LogP contribution in [0.5, 0.6) is 11.5 Å². The molecular weight excluding hydrogens is 529 g/mol. The first kappa shape index (κ1) is 30.6. The Labute approximate surface area is 220 Å². The van der Waals surface area contributed by atoms with Crippen LogP contribution in [0.2, 0.25) is 0 Å². The van der Waals surface area contributed by atoms with Gasteiger partial charge in [0.1, 0.15) is 22.6 Å². The zero-order chi connectivity index (χ0) is 28.2. The number of hydroxylamine groups is 1. The van der Waals surface area contributed by atoms with Gasteiger partial charge >= 0.3 is 6.03 Å². The monoisotopic (exact) mass is 556 g/mol. The summed E-state index contributed by atoms with van der Waals surface area (Å²) in [5.74, 6) is -4.61. The summed E-state index contributed by atoms with van der Waals surface area (Å²) in [6.07, 6.45) is 8.00. The summed E-state index contributed by atoms with van der Waals surface area (Å²) in [6.45, 7) is 0.961. The van der Waals surface area contributed by atoms with E-state index < -0.39 is 46.6 Å². The van der Waals surface area contributed by atoms with E-state index in [1.54, 1.807) is 4.90 Å². The van der Waals surface area contributed by atoms with Crippen LogP contribution >= 0.6 is 0 Å². The molecule has 1 aliphatic heterocycles. The third kappa shape index (κ3) is 8.45. The van der Waals surface area contributed by atoms with E-state index in [0.717, 1.165) is 28.6 Å². The molecular formula is C24H27F3N4O6S. The van der Waals surface area contributed by atoms with Crippen LogP contribution in [0.3, 0.4) is 0 Å². The second-order valence-corrected chi connectivity index (χ2v) is 9.21. The van der Waals surface area contributed by atoms with Crippen molar-refractivity contribution in [2.45, 2.75) is 4.90 Å². The Morgan fingerprint density at radius 3 is 2.24 bits per heavy atom. The summed E-state index contributed by atoms with van der Waals surface area (Å²) in [5, 5.41) is 8.89. The number of rotatable bonds is 9. The number of terminal acetylenes is 1. The average molecular weight is 557 g/mol. The molecule has 206 valence electrons. The normalized spacial score (nSPS) is 13.7. The first-order chi connectivity index (χ1) is 18.2. The molecule has 0 saturated carbocycles. The Balaban J connectivity index is 0.00000247. The van der Waals surface area contributed by atoms with Crippen LogP contribution in [0.25, 0.3) is 0 Å². The highest BCUT2D eigenvalue weighted by molar-refractivity contribution is 7.82. The van der Waals surface area contributed by atoms with Gasteiger partial charge in [-0.15, -0.1) is 12.8 Å². The third-order valence-corrected chi connectivity index (χ3v) is 6.60. The number of nitrogens with zero attached hydrogens (tertiary/aromatic N) is 3. The number of carbonyl (C=O) groups excluding carboxylic acids is 2. The predicted octanol–water partition coefficient (Wildman–Crippen LogP) is 2.36. The first-order valence-corrected chi connectivity index (χ1v) is 12.2. The molecule has 3 amide bonds. The van der Waals surface area contributed by atoms with E-state index in [0.29, 0.717) is 26.3 Å². The summed E-state index contributed by atoms with van der Waals surface area (Å²) in [7, 11) is -0.732. The van der Waals surface area contributed by atoms with Crippen LogP contribution in [-0.2, 0) is 20.5 Å². The van der Waals surface area contributed by atoms with E-state index in [-0.39, 0.29) is 29.8 Å². The summed E-state index contributed by atoms with van der Waals surface area (Å²) in [5.41, 5.74) is 1.41. The zero-order valence-electron chi connectivity index (χ0n) is 20.4. The Kier molecular flexibility index (Phi) is 12.0. The second-order valence-electron chi connectivity index (χ2n) is 7.72. The molecule has 1 unspecified atom stereocenters. The number of hydrogen-bond acceptors (Lipinski definition) is 6. The minimum absolute atomic E-state index is 0.0164. The first-order valence-electron chi connectivity index (χ1n) is 11.1. The van der Waals surface area contributed by atoms with Gasteiger partial charge in [0, 0.05) is 33.2 Å². The van der Waals surface area contributed by atoms with Crippen molar-refractivity contribution in [3.63, 3.8) is 0 Å². The summed E-state index contributed by atoms with van der Waals surface area (Å²) >= 11 is 0. The minimum Gasteiger partial charge on any atom is -0.451 e. The molecule has 1 fully saturated rings. The van der Waals surface area contributed by atoms with Gasteiger partial charge < -0.3 is 19.3 Å². The molecule has 0 spiro atoms. The number of amides is 3. The fourth-order valence-corrected chi connectivity index (χ4v) is 4.46. The highest BCUT2D eigenvalue weighted by Gasteiger charge is 2.25. The van der Waals surface area contributed by atoms with Gasteiger partial charge in [0.15, 0.2) is 17.4 Å². The summed E-state index contributed by atoms with van der Waals surface area (Å²) in [6, 6.07) is 5.75. The maximum atomic E-state index is 14.7. The van der Waals surface area contributed by atoms with Crippen LogP contribution in [-0.4, -0.2) is 88.4 Å².